The first-order valence-corrected chi connectivity index (χ1v) is 6.63. The van der Waals surface area contributed by atoms with Gasteiger partial charge in [-0.1, -0.05) is 26.0 Å². The lowest BCUT2D eigenvalue weighted by atomic mass is 9.84. The summed E-state index contributed by atoms with van der Waals surface area (Å²) in [6.07, 6.45) is 1.45. The van der Waals surface area contributed by atoms with E-state index in [2.05, 4.69) is 18.6 Å². The van der Waals surface area contributed by atoms with Crippen molar-refractivity contribution in [3.8, 4) is 0 Å². The average Bonchev–Trinajstić information content (AvgIpc) is 2.38. The molecule has 0 aliphatic heterocycles. The van der Waals surface area contributed by atoms with Crippen LogP contribution in [0.1, 0.15) is 55.5 Å². The van der Waals surface area contributed by atoms with Crippen LogP contribution in [0.15, 0.2) is 24.3 Å². The van der Waals surface area contributed by atoms with Gasteiger partial charge in [0.15, 0.2) is 0 Å². The summed E-state index contributed by atoms with van der Waals surface area (Å²) in [6.45, 7) is 5.93. The maximum absolute atomic E-state index is 11.4. The Labute approximate surface area is 115 Å². The molecule has 104 valence electrons. The van der Waals surface area contributed by atoms with Crippen molar-refractivity contribution in [2.75, 3.05) is 7.11 Å². The number of ether oxygens (including phenoxy) is 1. The van der Waals surface area contributed by atoms with Crippen molar-refractivity contribution >= 4 is 11.8 Å². The third-order valence-corrected chi connectivity index (χ3v) is 3.37. The summed E-state index contributed by atoms with van der Waals surface area (Å²) in [6, 6.07) is 7.47. The number of hydrogen-bond acceptors (Lipinski definition) is 3. The highest BCUT2D eigenvalue weighted by atomic mass is 16.5. The van der Waals surface area contributed by atoms with E-state index < -0.39 is 0 Å². The number of esters is 1. The standard InChI is InChI=1S/C16H22O3/c1-11(2)15(10-5-12(3)17)13-6-8-14(9-7-13)16(18)19-4/h6-9,11,15H,5,10H2,1-4H3/t15-/m0/s1. The summed E-state index contributed by atoms with van der Waals surface area (Å²) >= 11 is 0. The largest absolute Gasteiger partial charge is 0.465 e. The van der Waals surface area contributed by atoms with Gasteiger partial charge in [0.25, 0.3) is 0 Å². The van der Waals surface area contributed by atoms with E-state index in [0.29, 0.717) is 23.8 Å². The van der Waals surface area contributed by atoms with E-state index >= 15 is 0 Å². The maximum atomic E-state index is 11.4. The predicted molar refractivity (Wildman–Crippen MR) is 75.3 cm³/mol. The molecule has 1 aromatic carbocycles. The first-order valence-electron chi connectivity index (χ1n) is 6.63. The second-order valence-corrected chi connectivity index (χ2v) is 5.20. The van der Waals surface area contributed by atoms with Gasteiger partial charge in [0.2, 0.25) is 0 Å². The van der Waals surface area contributed by atoms with Crippen LogP contribution >= 0.6 is 0 Å². The Balaban J connectivity index is 2.85. The molecule has 19 heavy (non-hydrogen) atoms. The van der Waals surface area contributed by atoms with E-state index in [4.69, 9.17) is 0 Å². The minimum absolute atomic E-state index is 0.219. The fourth-order valence-electron chi connectivity index (χ4n) is 2.23. The highest BCUT2D eigenvalue weighted by Crippen LogP contribution is 2.29. The van der Waals surface area contributed by atoms with Gasteiger partial charge in [-0.2, -0.15) is 0 Å². The zero-order valence-corrected chi connectivity index (χ0v) is 12.1. The second-order valence-electron chi connectivity index (χ2n) is 5.20. The molecule has 0 aliphatic carbocycles. The van der Waals surface area contributed by atoms with Crippen LogP contribution in [-0.4, -0.2) is 18.9 Å². The molecule has 0 bridgehead atoms. The second kappa shape index (κ2) is 7.07. The van der Waals surface area contributed by atoms with Gasteiger partial charge in [-0.3, -0.25) is 0 Å². The van der Waals surface area contributed by atoms with Crippen LogP contribution in [0.25, 0.3) is 0 Å². The molecule has 0 N–H and O–H groups in total. The van der Waals surface area contributed by atoms with Crippen LogP contribution in [-0.2, 0) is 9.53 Å². The molecule has 0 saturated carbocycles. The Kier molecular flexibility index (Phi) is 5.74. The van der Waals surface area contributed by atoms with Gasteiger partial charge in [0.1, 0.15) is 5.78 Å². The van der Waals surface area contributed by atoms with Gasteiger partial charge in [-0.05, 0) is 42.9 Å². The molecule has 1 atom stereocenters. The van der Waals surface area contributed by atoms with Gasteiger partial charge in [0.05, 0.1) is 12.7 Å². The average molecular weight is 262 g/mol. The number of hydrogen-bond donors (Lipinski definition) is 0. The normalized spacial score (nSPS) is 12.3. The molecule has 0 amide bonds. The lowest BCUT2D eigenvalue weighted by Crippen LogP contribution is -2.09. The molecule has 1 rings (SSSR count). The number of benzene rings is 1. The molecule has 0 unspecified atom stereocenters. The van der Waals surface area contributed by atoms with Crippen molar-refractivity contribution in [3.63, 3.8) is 0 Å². The van der Waals surface area contributed by atoms with Gasteiger partial charge >= 0.3 is 5.97 Å². The van der Waals surface area contributed by atoms with E-state index in [-0.39, 0.29) is 11.8 Å². The van der Waals surface area contributed by atoms with Crippen molar-refractivity contribution in [2.24, 2.45) is 5.92 Å². The van der Waals surface area contributed by atoms with Crippen molar-refractivity contribution in [3.05, 3.63) is 35.4 Å². The molecule has 3 heteroatoms. The summed E-state index contributed by atoms with van der Waals surface area (Å²) in [5.41, 5.74) is 1.73. The molecule has 0 radical (unpaired) electrons. The molecule has 3 nitrogen and oxygen atoms in total. The molecule has 0 aromatic heterocycles. The van der Waals surface area contributed by atoms with Crippen LogP contribution in [0.5, 0.6) is 0 Å². The first kappa shape index (κ1) is 15.4. The van der Waals surface area contributed by atoms with Crippen LogP contribution in [0.3, 0.4) is 0 Å². The third kappa shape index (κ3) is 4.51. The van der Waals surface area contributed by atoms with Gasteiger partial charge in [0, 0.05) is 6.42 Å². The van der Waals surface area contributed by atoms with Gasteiger partial charge in [-0.15, -0.1) is 0 Å². The summed E-state index contributed by atoms with van der Waals surface area (Å²) in [7, 11) is 1.38. The summed E-state index contributed by atoms with van der Waals surface area (Å²) in [5, 5.41) is 0. The van der Waals surface area contributed by atoms with E-state index in [1.807, 2.05) is 12.1 Å². The molecular formula is C16H22O3. The van der Waals surface area contributed by atoms with Crippen LogP contribution < -0.4 is 0 Å². The van der Waals surface area contributed by atoms with Crippen LogP contribution in [0.2, 0.25) is 0 Å². The molecule has 0 aliphatic rings. The van der Waals surface area contributed by atoms with Gasteiger partial charge < -0.3 is 9.53 Å². The highest BCUT2D eigenvalue weighted by molar-refractivity contribution is 5.89. The number of carbonyl (C=O) groups excluding carboxylic acids is 2. The van der Waals surface area contributed by atoms with E-state index in [0.717, 1.165) is 6.42 Å². The number of ketones is 1. The first-order chi connectivity index (χ1) is 8.95. The summed E-state index contributed by atoms with van der Waals surface area (Å²) in [4.78, 5) is 22.5. The zero-order chi connectivity index (χ0) is 14.4. The smallest absolute Gasteiger partial charge is 0.337 e. The fourth-order valence-corrected chi connectivity index (χ4v) is 2.23. The van der Waals surface area contributed by atoms with Gasteiger partial charge in [-0.25, -0.2) is 4.79 Å². The minimum Gasteiger partial charge on any atom is -0.465 e. The Morgan fingerprint density at radius 1 is 1.16 bits per heavy atom. The quantitative estimate of drug-likeness (QED) is 0.736. The molecular weight excluding hydrogens is 240 g/mol. The number of rotatable bonds is 6. The molecule has 1 aromatic rings. The lowest BCUT2D eigenvalue weighted by molar-refractivity contribution is -0.117. The predicted octanol–water partition coefficient (Wildman–Crippen LogP) is 3.58. The SMILES string of the molecule is COC(=O)c1ccc([C@@H](CCC(C)=O)C(C)C)cc1. The molecule has 0 heterocycles. The molecule has 0 fully saturated rings. The number of carbonyl (C=O) groups is 2. The van der Waals surface area contributed by atoms with Crippen molar-refractivity contribution < 1.29 is 14.3 Å². The monoisotopic (exact) mass is 262 g/mol. The van der Waals surface area contributed by atoms with E-state index in [1.165, 1.54) is 12.7 Å². The van der Waals surface area contributed by atoms with E-state index in [9.17, 15) is 9.59 Å². The summed E-state index contributed by atoms with van der Waals surface area (Å²) in [5.74, 6) is 0.701. The molecule has 0 spiro atoms. The van der Waals surface area contributed by atoms with Crippen LogP contribution in [0.4, 0.5) is 0 Å². The van der Waals surface area contributed by atoms with Crippen molar-refractivity contribution in [1.29, 1.82) is 0 Å². The third-order valence-electron chi connectivity index (χ3n) is 3.37. The topological polar surface area (TPSA) is 43.4 Å². The number of Topliss-reactive ketones (excluding diaryl/α,β-unsaturated/α-hetero) is 1. The highest BCUT2D eigenvalue weighted by Gasteiger charge is 2.17. The Morgan fingerprint density at radius 2 is 1.74 bits per heavy atom. The Bertz CT molecular complexity index is 432. The molecule has 0 saturated heterocycles. The van der Waals surface area contributed by atoms with Crippen molar-refractivity contribution in [2.45, 2.75) is 39.5 Å². The fraction of sp³-hybridized carbons (Fsp3) is 0.500. The number of methoxy groups -OCH3 is 1. The van der Waals surface area contributed by atoms with E-state index in [1.54, 1.807) is 19.1 Å². The minimum atomic E-state index is -0.323. The maximum Gasteiger partial charge on any atom is 0.337 e. The Hall–Kier alpha value is -1.64. The van der Waals surface area contributed by atoms with Crippen LogP contribution in [0, 0.1) is 5.92 Å². The van der Waals surface area contributed by atoms with Crippen molar-refractivity contribution in [1.82, 2.24) is 0 Å². The summed E-state index contributed by atoms with van der Waals surface area (Å²) < 4.78 is 4.68. The lowest BCUT2D eigenvalue weighted by Gasteiger charge is -2.21. The zero-order valence-electron chi connectivity index (χ0n) is 12.1. The Morgan fingerprint density at radius 3 is 2.16 bits per heavy atom.